The van der Waals surface area contributed by atoms with Gasteiger partial charge in [-0.3, -0.25) is 24.1 Å². The van der Waals surface area contributed by atoms with Crippen LogP contribution >= 0.6 is 11.6 Å². The molecule has 34 heavy (non-hydrogen) atoms. The third-order valence-electron chi connectivity index (χ3n) is 5.00. The standard InChI is InChI=1S/C24H23ClF2N4O3/c1-13-10-29-22(19(32)6-7-30(4)5)15(3)23(13)31-14(2)8-20(21(25)24(31)33)34-12-18-17(27)9-16(26)11-28-18/h6-11H,12H2,1-5H3/b7-6+. The zero-order chi connectivity index (χ0) is 25.2. The van der Waals surface area contributed by atoms with Gasteiger partial charge in [0.1, 0.15) is 34.6 Å². The topological polar surface area (TPSA) is 77.3 Å². The minimum Gasteiger partial charge on any atom is -0.485 e. The lowest BCUT2D eigenvalue weighted by molar-refractivity contribution is 0.104. The van der Waals surface area contributed by atoms with Gasteiger partial charge in [0.15, 0.2) is 5.82 Å². The molecule has 0 atom stereocenters. The highest BCUT2D eigenvalue weighted by molar-refractivity contribution is 6.31. The molecule has 0 radical (unpaired) electrons. The molecule has 0 aliphatic rings. The van der Waals surface area contributed by atoms with Gasteiger partial charge < -0.3 is 9.64 Å². The Morgan fingerprint density at radius 3 is 2.53 bits per heavy atom. The number of halogens is 3. The Morgan fingerprint density at radius 1 is 1.18 bits per heavy atom. The van der Waals surface area contributed by atoms with Crippen LogP contribution in [0.15, 0.2) is 41.6 Å². The lowest BCUT2D eigenvalue weighted by atomic mass is 10.1. The van der Waals surface area contributed by atoms with Crippen molar-refractivity contribution < 1.29 is 18.3 Å². The number of aryl methyl sites for hydroxylation is 2. The summed E-state index contributed by atoms with van der Waals surface area (Å²) in [6, 6.07) is 2.22. The first-order valence-corrected chi connectivity index (χ1v) is 10.6. The smallest absolute Gasteiger partial charge is 0.277 e. The average molecular weight is 489 g/mol. The van der Waals surface area contributed by atoms with Gasteiger partial charge in [-0.05, 0) is 26.3 Å². The van der Waals surface area contributed by atoms with Crippen LogP contribution in [0.2, 0.25) is 5.02 Å². The quantitative estimate of drug-likeness (QED) is 0.364. The number of ether oxygens (including phenoxy) is 1. The zero-order valence-electron chi connectivity index (χ0n) is 19.3. The summed E-state index contributed by atoms with van der Waals surface area (Å²) in [7, 11) is 3.58. The molecule has 0 saturated carbocycles. The normalized spacial score (nSPS) is 11.2. The van der Waals surface area contributed by atoms with Crippen LogP contribution in [0.5, 0.6) is 5.75 Å². The number of aromatic nitrogens is 3. The Hall–Kier alpha value is -3.59. The van der Waals surface area contributed by atoms with Crippen LogP contribution in [0.3, 0.4) is 0 Å². The van der Waals surface area contributed by atoms with E-state index in [1.165, 1.54) is 22.9 Å². The number of carbonyl (C=O) groups excluding carboxylic acids is 1. The van der Waals surface area contributed by atoms with E-state index in [0.29, 0.717) is 28.6 Å². The predicted octanol–water partition coefficient (Wildman–Crippen LogP) is 4.32. The first-order valence-electron chi connectivity index (χ1n) is 10.2. The summed E-state index contributed by atoms with van der Waals surface area (Å²) in [6.45, 7) is 4.80. The Bertz CT molecular complexity index is 1350. The Kier molecular flexibility index (Phi) is 7.46. The minimum absolute atomic E-state index is 0.0283. The van der Waals surface area contributed by atoms with Crippen molar-refractivity contribution in [2.45, 2.75) is 27.4 Å². The van der Waals surface area contributed by atoms with Gasteiger partial charge in [-0.25, -0.2) is 8.78 Å². The number of rotatable bonds is 7. The van der Waals surface area contributed by atoms with E-state index in [4.69, 9.17) is 16.3 Å². The third kappa shape index (κ3) is 5.14. The maximum Gasteiger partial charge on any atom is 0.277 e. The SMILES string of the molecule is Cc1cnc(C(=O)/C=C/N(C)C)c(C)c1-n1c(C)cc(OCc2ncc(F)cc2F)c(Cl)c1=O. The van der Waals surface area contributed by atoms with E-state index in [9.17, 15) is 18.4 Å². The molecule has 0 amide bonds. The molecule has 10 heteroatoms. The van der Waals surface area contributed by atoms with Crippen molar-refractivity contribution in [1.29, 1.82) is 0 Å². The van der Waals surface area contributed by atoms with Gasteiger partial charge in [-0.15, -0.1) is 0 Å². The number of hydrogen-bond donors (Lipinski definition) is 0. The van der Waals surface area contributed by atoms with E-state index in [-0.39, 0.29) is 34.6 Å². The Morgan fingerprint density at radius 2 is 1.88 bits per heavy atom. The molecule has 0 spiro atoms. The Balaban J connectivity index is 2.03. The number of ketones is 1. The van der Waals surface area contributed by atoms with Crippen LogP contribution in [0.1, 0.15) is 33.0 Å². The summed E-state index contributed by atoms with van der Waals surface area (Å²) in [5.41, 5.74) is 1.63. The van der Waals surface area contributed by atoms with Gasteiger partial charge in [0.2, 0.25) is 5.78 Å². The number of allylic oxidation sites excluding steroid dienone is 1. The van der Waals surface area contributed by atoms with Crippen molar-refractivity contribution in [1.82, 2.24) is 19.4 Å². The molecule has 3 rings (SSSR count). The maximum atomic E-state index is 13.9. The van der Waals surface area contributed by atoms with Crippen LogP contribution in [0.25, 0.3) is 5.69 Å². The summed E-state index contributed by atoms with van der Waals surface area (Å²) in [4.78, 5) is 35.5. The van der Waals surface area contributed by atoms with E-state index >= 15 is 0 Å². The van der Waals surface area contributed by atoms with Crippen LogP contribution in [0.4, 0.5) is 8.78 Å². The van der Waals surface area contributed by atoms with E-state index in [1.54, 1.807) is 46.0 Å². The highest BCUT2D eigenvalue weighted by atomic mass is 35.5. The van der Waals surface area contributed by atoms with E-state index in [1.807, 2.05) is 0 Å². The number of hydrogen-bond acceptors (Lipinski definition) is 6. The summed E-state index contributed by atoms with van der Waals surface area (Å²) in [6.07, 6.45) is 5.40. The van der Waals surface area contributed by atoms with Gasteiger partial charge in [-0.1, -0.05) is 11.6 Å². The molecular formula is C24H23ClF2N4O3. The van der Waals surface area contributed by atoms with Crippen molar-refractivity contribution in [3.63, 3.8) is 0 Å². The molecule has 3 aromatic rings. The monoisotopic (exact) mass is 488 g/mol. The second-order valence-corrected chi connectivity index (χ2v) is 8.26. The molecule has 0 bridgehead atoms. The molecule has 0 aliphatic heterocycles. The number of pyridine rings is 3. The van der Waals surface area contributed by atoms with Crippen molar-refractivity contribution in [2.75, 3.05) is 14.1 Å². The fraction of sp³-hybridized carbons (Fsp3) is 0.250. The van der Waals surface area contributed by atoms with E-state index in [0.717, 1.165) is 6.20 Å². The highest BCUT2D eigenvalue weighted by Gasteiger charge is 2.21. The summed E-state index contributed by atoms with van der Waals surface area (Å²) >= 11 is 6.31. The number of nitrogens with zero attached hydrogens (tertiary/aromatic N) is 4. The predicted molar refractivity (Wildman–Crippen MR) is 125 cm³/mol. The molecule has 7 nitrogen and oxygen atoms in total. The second-order valence-electron chi connectivity index (χ2n) is 7.88. The Labute approximate surface area is 200 Å². The highest BCUT2D eigenvalue weighted by Crippen LogP contribution is 2.27. The number of carbonyl (C=O) groups is 1. The van der Waals surface area contributed by atoms with Gasteiger partial charge >= 0.3 is 0 Å². The van der Waals surface area contributed by atoms with Crippen LogP contribution in [0, 0.1) is 32.4 Å². The molecule has 3 aromatic heterocycles. The molecular weight excluding hydrogens is 466 g/mol. The molecule has 0 unspecified atom stereocenters. The van der Waals surface area contributed by atoms with Crippen LogP contribution in [-0.4, -0.2) is 39.3 Å². The molecule has 0 N–H and O–H groups in total. The van der Waals surface area contributed by atoms with Gasteiger partial charge in [0.25, 0.3) is 5.56 Å². The lowest BCUT2D eigenvalue weighted by Crippen LogP contribution is -2.24. The van der Waals surface area contributed by atoms with Gasteiger partial charge in [-0.2, -0.15) is 0 Å². The molecule has 0 saturated heterocycles. The summed E-state index contributed by atoms with van der Waals surface area (Å²) in [5.74, 6) is -1.96. The first-order chi connectivity index (χ1) is 16.0. The fourth-order valence-corrected chi connectivity index (χ4v) is 3.57. The van der Waals surface area contributed by atoms with Crippen LogP contribution in [-0.2, 0) is 6.61 Å². The molecule has 178 valence electrons. The van der Waals surface area contributed by atoms with Crippen molar-refractivity contribution in [3.05, 3.63) is 92.0 Å². The lowest BCUT2D eigenvalue weighted by Gasteiger charge is -2.19. The first kappa shape index (κ1) is 25.0. The fourth-order valence-electron chi connectivity index (χ4n) is 3.37. The largest absolute Gasteiger partial charge is 0.485 e. The maximum absolute atomic E-state index is 13.9. The summed E-state index contributed by atoms with van der Waals surface area (Å²) in [5, 5.41) is -0.232. The minimum atomic E-state index is -0.871. The van der Waals surface area contributed by atoms with Crippen LogP contribution < -0.4 is 10.3 Å². The molecule has 0 aromatic carbocycles. The average Bonchev–Trinajstić information content (AvgIpc) is 2.76. The van der Waals surface area contributed by atoms with Crippen molar-refractivity contribution in [2.24, 2.45) is 0 Å². The molecule has 0 aliphatic carbocycles. The van der Waals surface area contributed by atoms with Crippen molar-refractivity contribution >= 4 is 17.4 Å². The molecule has 0 fully saturated rings. The summed E-state index contributed by atoms with van der Waals surface area (Å²) < 4.78 is 33.8. The zero-order valence-corrected chi connectivity index (χ0v) is 20.1. The second kappa shape index (κ2) is 10.1. The van der Waals surface area contributed by atoms with Gasteiger partial charge in [0, 0.05) is 56.0 Å². The van der Waals surface area contributed by atoms with E-state index in [2.05, 4.69) is 9.97 Å². The third-order valence-corrected chi connectivity index (χ3v) is 5.35. The van der Waals surface area contributed by atoms with E-state index < -0.39 is 17.2 Å². The molecule has 3 heterocycles. The van der Waals surface area contributed by atoms with Crippen molar-refractivity contribution in [3.8, 4) is 11.4 Å². The van der Waals surface area contributed by atoms with Gasteiger partial charge in [0.05, 0.1) is 11.9 Å².